The van der Waals surface area contributed by atoms with Gasteiger partial charge in [-0.3, -0.25) is 14.4 Å². The number of aryl methyl sites for hydroxylation is 1. The first-order valence-corrected chi connectivity index (χ1v) is 4.75. The van der Waals surface area contributed by atoms with Gasteiger partial charge in [-0.05, 0) is 12.8 Å². The maximum absolute atomic E-state index is 11.7. The van der Waals surface area contributed by atoms with Gasteiger partial charge >= 0.3 is 0 Å². The van der Waals surface area contributed by atoms with E-state index in [1.807, 2.05) is 13.1 Å². The summed E-state index contributed by atoms with van der Waals surface area (Å²) in [6, 6.07) is 1.48. The van der Waals surface area contributed by atoms with Crippen molar-refractivity contribution < 1.29 is 4.79 Å². The Bertz CT molecular complexity index is 346. The summed E-state index contributed by atoms with van der Waals surface area (Å²) in [5, 5.41) is 4.03. The van der Waals surface area contributed by atoms with Crippen LogP contribution in [0, 0.1) is 0 Å². The van der Waals surface area contributed by atoms with E-state index in [1.54, 1.807) is 15.8 Å². The Labute approximate surface area is 82.5 Å². The van der Waals surface area contributed by atoms with Crippen molar-refractivity contribution in [3.63, 3.8) is 0 Å². The number of amides is 1. The molecule has 0 bridgehead atoms. The van der Waals surface area contributed by atoms with Gasteiger partial charge in [-0.2, -0.15) is 5.10 Å². The number of hydrogen-bond donors (Lipinski definition) is 1. The Kier molecular flexibility index (Phi) is 2.25. The molecule has 0 unspecified atom stereocenters. The molecule has 1 aromatic heterocycles. The summed E-state index contributed by atoms with van der Waals surface area (Å²) in [5.74, 6) is 0.824. The normalized spacial score (nSPS) is 22.9. The van der Waals surface area contributed by atoms with Crippen LogP contribution in [-0.4, -0.2) is 28.3 Å². The van der Waals surface area contributed by atoms with Crippen molar-refractivity contribution in [2.24, 2.45) is 12.8 Å². The summed E-state index contributed by atoms with van der Waals surface area (Å²) in [4.78, 5) is 13.4. The number of anilines is 1. The molecule has 0 spiro atoms. The van der Waals surface area contributed by atoms with E-state index in [-0.39, 0.29) is 11.9 Å². The molecule has 2 rings (SSSR count). The number of rotatable bonds is 1. The molecule has 14 heavy (non-hydrogen) atoms. The van der Waals surface area contributed by atoms with Gasteiger partial charge in [-0.15, -0.1) is 0 Å². The molecule has 2 N–H and O–H groups in total. The standard InChI is InChI=1S/C9H14N4O/c1-12-8(4-5-11-12)13-6-2-3-7(10)9(13)14/h4-5,7H,2-3,6,10H2,1H3/t7-/m0/s1. The summed E-state index contributed by atoms with van der Waals surface area (Å²) in [5.41, 5.74) is 5.70. The van der Waals surface area contributed by atoms with Crippen molar-refractivity contribution >= 4 is 11.7 Å². The predicted octanol–water partition coefficient (Wildman–Crippen LogP) is -0.126. The Hall–Kier alpha value is -1.36. The largest absolute Gasteiger partial charge is 0.320 e. The highest BCUT2D eigenvalue weighted by Gasteiger charge is 2.27. The number of nitrogens with zero attached hydrogens (tertiary/aromatic N) is 3. The van der Waals surface area contributed by atoms with Crippen molar-refractivity contribution in [1.29, 1.82) is 0 Å². The van der Waals surface area contributed by atoms with E-state index in [9.17, 15) is 4.79 Å². The quantitative estimate of drug-likeness (QED) is 0.677. The van der Waals surface area contributed by atoms with Gasteiger partial charge in [0.2, 0.25) is 5.91 Å². The van der Waals surface area contributed by atoms with Crippen LogP contribution in [0.2, 0.25) is 0 Å². The lowest BCUT2D eigenvalue weighted by molar-refractivity contribution is -0.120. The fraction of sp³-hybridized carbons (Fsp3) is 0.556. The molecule has 76 valence electrons. The fourth-order valence-corrected chi connectivity index (χ4v) is 1.76. The predicted molar refractivity (Wildman–Crippen MR) is 52.8 cm³/mol. The Morgan fingerprint density at radius 2 is 2.43 bits per heavy atom. The van der Waals surface area contributed by atoms with Crippen LogP contribution in [0.3, 0.4) is 0 Å². The second kappa shape index (κ2) is 3.42. The second-order valence-electron chi connectivity index (χ2n) is 3.55. The molecule has 1 atom stereocenters. The minimum atomic E-state index is -0.348. The number of piperidine rings is 1. The number of carbonyl (C=O) groups is 1. The first-order valence-electron chi connectivity index (χ1n) is 4.75. The highest BCUT2D eigenvalue weighted by molar-refractivity contribution is 5.97. The van der Waals surface area contributed by atoms with E-state index in [0.29, 0.717) is 0 Å². The monoisotopic (exact) mass is 194 g/mol. The SMILES string of the molecule is Cn1nccc1N1CCC[C@H](N)C1=O. The highest BCUT2D eigenvalue weighted by atomic mass is 16.2. The number of hydrogen-bond acceptors (Lipinski definition) is 3. The van der Waals surface area contributed by atoms with Crippen molar-refractivity contribution in [2.45, 2.75) is 18.9 Å². The zero-order valence-electron chi connectivity index (χ0n) is 8.18. The highest BCUT2D eigenvalue weighted by Crippen LogP contribution is 2.18. The molecular weight excluding hydrogens is 180 g/mol. The topological polar surface area (TPSA) is 64.2 Å². The number of aromatic nitrogens is 2. The van der Waals surface area contributed by atoms with Crippen LogP contribution in [-0.2, 0) is 11.8 Å². The van der Waals surface area contributed by atoms with Gasteiger partial charge in [0.05, 0.1) is 12.2 Å². The van der Waals surface area contributed by atoms with E-state index in [2.05, 4.69) is 5.10 Å². The van der Waals surface area contributed by atoms with Gasteiger partial charge in [-0.1, -0.05) is 0 Å². The van der Waals surface area contributed by atoms with E-state index in [1.165, 1.54) is 0 Å². The molecule has 0 aromatic carbocycles. The zero-order valence-corrected chi connectivity index (χ0v) is 8.18. The van der Waals surface area contributed by atoms with E-state index >= 15 is 0 Å². The molecule has 5 nitrogen and oxygen atoms in total. The third kappa shape index (κ3) is 1.39. The third-order valence-electron chi connectivity index (χ3n) is 2.55. The number of nitrogens with two attached hydrogens (primary N) is 1. The molecular formula is C9H14N4O. The first kappa shape index (κ1) is 9.21. The van der Waals surface area contributed by atoms with E-state index in [0.717, 1.165) is 25.2 Å². The van der Waals surface area contributed by atoms with Gasteiger partial charge in [0.25, 0.3) is 0 Å². The second-order valence-corrected chi connectivity index (χ2v) is 3.55. The summed E-state index contributed by atoms with van der Waals surface area (Å²) in [6.07, 6.45) is 3.42. The Balaban J connectivity index is 2.26. The van der Waals surface area contributed by atoms with E-state index < -0.39 is 0 Å². The lowest BCUT2D eigenvalue weighted by Crippen LogP contribution is -2.49. The Morgan fingerprint density at radius 1 is 1.64 bits per heavy atom. The van der Waals surface area contributed by atoms with Gasteiger partial charge < -0.3 is 5.73 Å². The summed E-state index contributed by atoms with van der Waals surface area (Å²) in [7, 11) is 1.82. The first-order chi connectivity index (χ1) is 6.70. The molecule has 2 heterocycles. The van der Waals surface area contributed by atoms with Crippen LogP contribution >= 0.6 is 0 Å². The van der Waals surface area contributed by atoms with Gasteiger partial charge in [0.15, 0.2) is 0 Å². The third-order valence-corrected chi connectivity index (χ3v) is 2.55. The molecule has 1 aromatic rings. The molecule has 0 radical (unpaired) electrons. The van der Waals surface area contributed by atoms with Crippen LogP contribution in [0.5, 0.6) is 0 Å². The van der Waals surface area contributed by atoms with Gasteiger partial charge in [0, 0.05) is 19.7 Å². The molecule has 1 aliphatic rings. The molecule has 1 fully saturated rings. The molecule has 1 aliphatic heterocycles. The average Bonchev–Trinajstić information content (AvgIpc) is 2.57. The summed E-state index contributed by atoms with van der Waals surface area (Å²) in [6.45, 7) is 0.742. The van der Waals surface area contributed by atoms with Crippen LogP contribution < -0.4 is 10.6 Å². The van der Waals surface area contributed by atoms with Gasteiger partial charge in [0.1, 0.15) is 5.82 Å². The summed E-state index contributed by atoms with van der Waals surface area (Å²) < 4.78 is 1.69. The van der Waals surface area contributed by atoms with Crippen LogP contribution in [0.1, 0.15) is 12.8 Å². The molecule has 0 aliphatic carbocycles. The lowest BCUT2D eigenvalue weighted by atomic mass is 10.1. The van der Waals surface area contributed by atoms with Gasteiger partial charge in [-0.25, -0.2) is 0 Å². The fourth-order valence-electron chi connectivity index (χ4n) is 1.76. The zero-order chi connectivity index (χ0) is 10.1. The van der Waals surface area contributed by atoms with Crippen molar-refractivity contribution in [3.05, 3.63) is 12.3 Å². The Morgan fingerprint density at radius 3 is 3.07 bits per heavy atom. The average molecular weight is 194 g/mol. The lowest BCUT2D eigenvalue weighted by Gasteiger charge is -2.29. The van der Waals surface area contributed by atoms with E-state index in [4.69, 9.17) is 5.73 Å². The minimum absolute atomic E-state index is 0.000139. The molecule has 0 saturated carbocycles. The van der Waals surface area contributed by atoms with Crippen molar-refractivity contribution in [1.82, 2.24) is 9.78 Å². The smallest absolute Gasteiger partial charge is 0.245 e. The maximum Gasteiger partial charge on any atom is 0.245 e. The van der Waals surface area contributed by atoms with Crippen molar-refractivity contribution in [2.75, 3.05) is 11.4 Å². The number of carbonyl (C=O) groups excluding carboxylic acids is 1. The molecule has 1 amide bonds. The van der Waals surface area contributed by atoms with Crippen LogP contribution in [0.25, 0.3) is 0 Å². The maximum atomic E-state index is 11.7. The molecule has 5 heteroatoms. The minimum Gasteiger partial charge on any atom is -0.320 e. The van der Waals surface area contributed by atoms with Crippen LogP contribution in [0.15, 0.2) is 12.3 Å². The summed E-state index contributed by atoms with van der Waals surface area (Å²) >= 11 is 0. The van der Waals surface area contributed by atoms with Crippen LogP contribution in [0.4, 0.5) is 5.82 Å². The van der Waals surface area contributed by atoms with Crippen molar-refractivity contribution in [3.8, 4) is 0 Å². The molecule has 1 saturated heterocycles.